The molecule has 0 aromatic carbocycles. The highest BCUT2D eigenvalue weighted by Crippen LogP contribution is 2.31. The Balaban J connectivity index is 0.000000196. The molecule has 0 unspecified atom stereocenters. The van der Waals surface area contributed by atoms with Crippen LogP contribution in [0.4, 0.5) is 17.5 Å². The summed E-state index contributed by atoms with van der Waals surface area (Å²) in [5.74, 6) is -0.259. The third kappa shape index (κ3) is 13.2. The highest BCUT2D eigenvalue weighted by Gasteiger charge is 2.23. The van der Waals surface area contributed by atoms with Crippen LogP contribution in [0, 0.1) is 0 Å². The second-order valence-electron chi connectivity index (χ2n) is 13.0. The van der Waals surface area contributed by atoms with Crippen molar-refractivity contribution in [3.8, 4) is 0 Å². The molecule has 3 saturated carbocycles. The topological polar surface area (TPSA) is 221 Å². The molecule has 16 heteroatoms. The lowest BCUT2D eigenvalue weighted by Gasteiger charge is -2.22. The molecule has 0 amide bonds. The molecule has 3 aromatic heterocycles. The maximum atomic E-state index is 11.6. The number of anilines is 3. The fourth-order valence-corrected chi connectivity index (χ4v) is 7.03. The number of halogens is 1. The van der Waals surface area contributed by atoms with Crippen molar-refractivity contribution in [2.75, 3.05) is 37.0 Å². The van der Waals surface area contributed by atoms with E-state index in [0.29, 0.717) is 48.8 Å². The van der Waals surface area contributed by atoms with Gasteiger partial charge >= 0.3 is 17.9 Å². The van der Waals surface area contributed by atoms with E-state index in [1.165, 1.54) is 83.0 Å². The number of alkyl halides is 1. The smallest absolute Gasteiger partial charge is 0.343 e. The molecule has 3 heterocycles. The number of nitrogens with zero attached hydrogens (tertiary/aromatic N) is 5. The summed E-state index contributed by atoms with van der Waals surface area (Å²) in [5.41, 5.74) is 18.1. The van der Waals surface area contributed by atoms with Gasteiger partial charge in [-0.2, -0.15) is 15.3 Å². The molecule has 0 radical (unpaired) electrons. The zero-order chi connectivity index (χ0) is 37.9. The SMILES string of the molecule is BrC1CCCCC1.CCOC(=O)c1cn(C2CCCCC2)nc1N.CCOC(=O)c1cn[nH]c1N.CCOC(=O)c1cnn(C2CCCCC2)c1N. The molecule has 290 valence electrons. The van der Waals surface area contributed by atoms with Gasteiger partial charge in [0, 0.05) is 11.0 Å². The molecular weight excluding hydrogens is 734 g/mol. The molecule has 15 nitrogen and oxygen atoms in total. The fourth-order valence-electron chi connectivity index (χ4n) is 6.38. The fraction of sp³-hybridized carbons (Fsp3) is 0.667. The van der Waals surface area contributed by atoms with E-state index in [2.05, 4.69) is 41.1 Å². The standard InChI is InChI=1S/2C12H19N3O2.C6H11Br.C6H9N3O2/c1-2-17-12(16)10-8-15(14-11(10)13)9-6-4-3-5-7-9;1-2-17-12(16)10-8-14-15(11(10)13)9-6-4-3-5-7-9;7-6-4-2-1-3-5-6;1-2-11-6(10)4-3-8-9-5(4)7/h8-9H,2-7H2,1H3,(H2,13,14);8-9H,2-7,13H2,1H3;6H,1-5H2;3H,2H2,1H3,(H3,7,8,9). The van der Waals surface area contributed by atoms with Gasteiger partial charge in [0.25, 0.3) is 0 Å². The number of hydrogen-bond acceptors (Lipinski definition) is 12. The molecule has 0 bridgehead atoms. The predicted octanol–water partition coefficient (Wildman–Crippen LogP) is 7.18. The zero-order valence-electron chi connectivity index (χ0n) is 31.0. The Labute approximate surface area is 315 Å². The van der Waals surface area contributed by atoms with Crippen LogP contribution in [0.25, 0.3) is 0 Å². The number of H-pyrrole nitrogens is 1. The molecule has 0 spiro atoms. The summed E-state index contributed by atoms with van der Waals surface area (Å²) in [6.07, 6.45) is 23.6. The summed E-state index contributed by atoms with van der Waals surface area (Å²) >= 11 is 3.59. The third-order valence-electron chi connectivity index (χ3n) is 9.15. The van der Waals surface area contributed by atoms with Crippen molar-refractivity contribution in [2.24, 2.45) is 0 Å². The van der Waals surface area contributed by atoms with Gasteiger partial charge in [0.2, 0.25) is 0 Å². The van der Waals surface area contributed by atoms with E-state index in [1.807, 2.05) is 4.68 Å². The summed E-state index contributed by atoms with van der Waals surface area (Å²) in [4.78, 5) is 35.0. The van der Waals surface area contributed by atoms with Crippen molar-refractivity contribution in [1.82, 2.24) is 29.8 Å². The predicted molar refractivity (Wildman–Crippen MR) is 204 cm³/mol. The quantitative estimate of drug-likeness (QED) is 0.101. The minimum Gasteiger partial charge on any atom is -0.462 e. The Kier molecular flexibility index (Phi) is 18.5. The summed E-state index contributed by atoms with van der Waals surface area (Å²) in [5, 5.41) is 14.5. The minimum atomic E-state index is -0.446. The molecule has 3 aromatic rings. The summed E-state index contributed by atoms with van der Waals surface area (Å²) in [6, 6.07) is 0.723. The molecule has 52 heavy (non-hydrogen) atoms. The maximum Gasteiger partial charge on any atom is 0.343 e. The van der Waals surface area contributed by atoms with E-state index >= 15 is 0 Å². The maximum absolute atomic E-state index is 11.6. The van der Waals surface area contributed by atoms with Crippen LogP contribution in [0.3, 0.4) is 0 Å². The van der Waals surface area contributed by atoms with Gasteiger partial charge in [0.15, 0.2) is 5.82 Å². The lowest BCUT2D eigenvalue weighted by atomic mass is 9.96. The molecule has 0 atom stereocenters. The van der Waals surface area contributed by atoms with Crippen molar-refractivity contribution >= 4 is 51.3 Å². The van der Waals surface area contributed by atoms with Crippen LogP contribution in [0.5, 0.6) is 0 Å². The highest BCUT2D eigenvalue weighted by molar-refractivity contribution is 9.09. The first-order valence-corrected chi connectivity index (χ1v) is 19.6. The summed E-state index contributed by atoms with van der Waals surface area (Å²) in [6.45, 7) is 6.33. The van der Waals surface area contributed by atoms with Crippen LogP contribution < -0.4 is 17.2 Å². The van der Waals surface area contributed by atoms with Crippen LogP contribution in [0.15, 0.2) is 18.6 Å². The first kappa shape index (κ1) is 42.3. The Morgan fingerprint density at radius 1 is 0.712 bits per heavy atom. The van der Waals surface area contributed by atoms with E-state index in [0.717, 1.165) is 30.5 Å². The number of hydrogen-bond donors (Lipinski definition) is 4. The van der Waals surface area contributed by atoms with Gasteiger partial charge in [-0.05, 0) is 59.3 Å². The number of nitrogens with one attached hydrogen (secondary N) is 1. The molecule has 3 fully saturated rings. The summed E-state index contributed by atoms with van der Waals surface area (Å²) < 4.78 is 18.2. The van der Waals surface area contributed by atoms with E-state index < -0.39 is 5.97 Å². The number of aromatic nitrogens is 6. The number of aromatic amines is 1. The van der Waals surface area contributed by atoms with Crippen molar-refractivity contribution in [3.63, 3.8) is 0 Å². The Hall–Kier alpha value is -4.08. The number of carbonyl (C=O) groups excluding carboxylic acids is 3. The molecule has 3 aliphatic rings. The highest BCUT2D eigenvalue weighted by atomic mass is 79.9. The Morgan fingerprint density at radius 2 is 1.19 bits per heavy atom. The van der Waals surface area contributed by atoms with E-state index in [4.69, 9.17) is 26.7 Å². The van der Waals surface area contributed by atoms with E-state index in [1.54, 1.807) is 31.6 Å². The molecular formula is C36H58BrN9O6. The average Bonchev–Trinajstić information content (AvgIpc) is 3.88. The molecule has 3 aliphatic carbocycles. The third-order valence-corrected chi connectivity index (χ3v) is 10.1. The van der Waals surface area contributed by atoms with E-state index in [-0.39, 0.29) is 29.1 Å². The van der Waals surface area contributed by atoms with Crippen LogP contribution in [-0.2, 0) is 14.2 Å². The van der Waals surface area contributed by atoms with Gasteiger partial charge < -0.3 is 31.4 Å². The number of ether oxygens (including phenoxy) is 3. The monoisotopic (exact) mass is 791 g/mol. The van der Waals surface area contributed by atoms with Crippen LogP contribution in [0.1, 0.15) is 160 Å². The van der Waals surface area contributed by atoms with Crippen molar-refractivity contribution < 1.29 is 28.6 Å². The van der Waals surface area contributed by atoms with Crippen molar-refractivity contribution in [2.45, 2.75) is 134 Å². The van der Waals surface area contributed by atoms with Gasteiger partial charge in [0.1, 0.15) is 28.3 Å². The lowest BCUT2D eigenvalue weighted by molar-refractivity contribution is 0.0517. The number of nitrogen functional groups attached to an aromatic ring is 3. The van der Waals surface area contributed by atoms with Crippen LogP contribution >= 0.6 is 15.9 Å². The van der Waals surface area contributed by atoms with E-state index in [9.17, 15) is 14.4 Å². The number of nitrogens with two attached hydrogens (primary N) is 3. The van der Waals surface area contributed by atoms with Crippen LogP contribution in [0.2, 0.25) is 0 Å². The number of esters is 3. The first-order chi connectivity index (χ1) is 25.1. The zero-order valence-corrected chi connectivity index (χ0v) is 32.6. The van der Waals surface area contributed by atoms with Crippen molar-refractivity contribution in [1.29, 1.82) is 0 Å². The molecule has 6 rings (SSSR count). The first-order valence-electron chi connectivity index (χ1n) is 18.7. The van der Waals surface area contributed by atoms with Crippen LogP contribution in [-0.4, -0.2) is 72.3 Å². The number of carbonyl (C=O) groups is 3. The second kappa shape index (κ2) is 22.8. The van der Waals surface area contributed by atoms with Gasteiger partial charge in [0.05, 0.1) is 44.3 Å². The minimum absolute atomic E-state index is 0.239. The Morgan fingerprint density at radius 3 is 1.65 bits per heavy atom. The molecule has 0 aliphatic heterocycles. The normalized spacial score (nSPS) is 16.5. The molecule has 7 N–H and O–H groups in total. The number of rotatable bonds is 8. The van der Waals surface area contributed by atoms with Gasteiger partial charge in [-0.3, -0.25) is 9.78 Å². The molecule has 0 saturated heterocycles. The van der Waals surface area contributed by atoms with Crippen molar-refractivity contribution in [3.05, 3.63) is 35.3 Å². The van der Waals surface area contributed by atoms with Gasteiger partial charge in [-0.1, -0.05) is 73.7 Å². The Bertz CT molecular complexity index is 1490. The average molecular weight is 793 g/mol. The largest absolute Gasteiger partial charge is 0.462 e. The summed E-state index contributed by atoms with van der Waals surface area (Å²) in [7, 11) is 0. The van der Waals surface area contributed by atoms with Gasteiger partial charge in [-0.15, -0.1) is 0 Å². The second-order valence-corrected chi connectivity index (χ2v) is 14.3. The lowest BCUT2D eigenvalue weighted by Crippen LogP contribution is -2.17. The van der Waals surface area contributed by atoms with Gasteiger partial charge in [-0.25, -0.2) is 19.1 Å².